The van der Waals surface area contributed by atoms with Gasteiger partial charge in [0.2, 0.25) is 0 Å². The minimum absolute atomic E-state index is 0.0268. The third kappa shape index (κ3) is 4.33. The maximum atomic E-state index is 6.15. The summed E-state index contributed by atoms with van der Waals surface area (Å²) in [7, 11) is 0. The molecule has 0 N–H and O–H groups in total. The van der Waals surface area contributed by atoms with Crippen LogP contribution < -0.4 is 0 Å². The second-order valence-electron chi connectivity index (χ2n) is 12.1. The Morgan fingerprint density at radius 3 is 2.39 bits per heavy atom. The van der Waals surface area contributed by atoms with Gasteiger partial charge in [0.1, 0.15) is 16.2 Å². The van der Waals surface area contributed by atoms with Crippen LogP contribution in [0.4, 0.5) is 0 Å². The molecule has 0 fully saturated rings. The molecule has 0 spiro atoms. The fourth-order valence-electron chi connectivity index (χ4n) is 5.70. The van der Waals surface area contributed by atoms with Crippen LogP contribution in [0.25, 0.3) is 54.3 Å². The van der Waals surface area contributed by atoms with E-state index in [4.69, 9.17) is 9.40 Å². The lowest BCUT2D eigenvalue weighted by Gasteiger charge is -2.23. The van der Waals surface area contributed by atoms with Crippen LogP contribution in [0.5, 0.6) is 0 Å². The molecule has 6 aromatic rings. The van der Waals surface area contributed by atoms with Gasteiger partial charge in [-0.1, -0.05) is 65.0 Å². The van der Waals surface area contributed by atoms with Gasteiger partial charge in [0.25, 0.3) is 0 Å². The van der Waals surface area contributed by atoms with Crippen molar-refractivity contribution in [3.05, 3.63) is 88.5 Å². The van der Waals surface area contributed by atoms with Gasteiger partial charge in [0.05, 0.1) is 5.69 Å². The Hall–Kier alpha value is -3.43. The summed E-state index contributed by atoms with van der Waals surface area (Å²) in [5, 5.41) is 5.02. The van der Waals surface area contributed by atoms with Gasteiger partial charge in [-0.15, -0.1) is 11.3 Å². The average molecular weight is 518 g/mol. The van der Waals surface area contributed by atoms with Gasteiger partial charge in [0, 0.05) is 26.8 Å². The van der Waals surface area contributed by atoms with Gasteiger partial charge < -0.3 is 4.42 Å². The molecule has 3 aromatic heterocycles. The number of rotatable bonds is 4. The second kappa shape index (κ2) is 9.10. The highest BCUT2D eigenvalue weighted by Crippen LogP contribution is 2.40. The molecule has 2 nitrogen and oxygen atoms in total. The maximum Gasteiger partial charge on any atom is 0.134 e. The summed E-state index contributed by atoms with van der Waals surface area (Å²) in [6, 6.07) is 24.6. The van der Waals surface area contributed by atoms with Crippen molar-refractivity contribution in [1.29, 1.82) is 0 Å². The summed E-state index contributed by atoms with van der Waals surface area (Å²) in [5.74, 6) is 1.60. The van der Waals surface area contributed by atoms with Crippen molar-refractivity contribution in [2.75, 3.05) is 0 Å². The zero-order valence-electron chi connectivity index (χ0n) is 23.4. The van der Waals surface area contributed by atoms with E-state index in [1.165, 1.54) is 54.2 Å². The fraction of sp³-hybridized carbons (Fsp3) is 0.286. The van der Waals surface area contributed by atoms with Crippen molar-refractivity contribution in [3.8, 4) is 22.4 Å². The molecule has 0 bridgehead atoms. The Labute approximate surface area is 229 Å². The Morgan fingerprint density at radius 2 is 1.63 bits per heavy atom. The molecule has 0 saturated carbocycles. The van der Waals surface area contributed by atoms with Gasteiger partial charge in [0.15, 0.2) is 0 Å². The van der Waals surface area contributed by atoms with E-state index in [1.807, 2.05) is 0 Å². The predicted molar refractivity (Wildman–Crippen MR) is 164 cm³/mol. The smallest absolute Gasteiger partial charge is 0.134 e. The normalized spacial score (nSPS) is 12.4. The van der Waals surface area contributed by atoms with Crippen LogP contribution in [0.15, 0.2) is 71.1 Å². The monoisotopic (exact) mass is 517 g/mol. The number of thiophene rings is 1. The lowest BCUT2D eigenvalue weighted by atomic mass is 9.82. The lowest BCUT2D eigenvalue weighted by molar-refractivity contribution is 0.560. The number of nitrogens with zero attached hydrogens (tertiary/aromatic N) is 1. The minimum atomic E-state index is 0.0268. The average Bonchev–Trinajstić information content (AvgIpc) is 3.39. The van der Waals surface area contributed by atoms with E-state index in [-0.39, 0.29) is 5.41 Å². The van der Waals surface area contributed by atoms with Crippen molar-refractivity contribution in [2.45, 2.75) is 60.3 Å². The largest absolute Gasteiger partial charge is 0.461 e. The predicted octanol–water partition coefficient (Wildman–Crippen LogP) is 10.6. The number of pyridine rings is 1. The molecule has 38 heavy (non-hydrogen) atoms. The van der Waals surface area contributed by atoms with Crippen LogP contribution in [-0.2, 0) is 11.8 Å². The highest BCUT2D eigenvalue weighted by atomic mass is 32.1. The SMILES string of the molecule is Cc1cc2c(-c3ccc4oc(C)c(CC(C)C)c4c3)cc(-c3cc(C(C)(C)C)c4ccccc4c3)nc2s1. The number of fused-ring (bicyclic) bond motifs is 3. The quantitative estimate of drug-likeness (QED) is 0.232. The molecule has 0 amide bonds. The van der Waals surface area contributed by atoms with Crippen molar-refractivity contribution in [2.24, 2.45) is 5.92 Å². The first kappa shape index (κ1) is 24.9. The van der Waals surface area contributed by atoms with Crippen LogP contribution in [0.1, 0.15) is 56.4 Å². The Kier molecular flexibility index (Phi) is 5.96. The second-order valence-corrected chi connectivity index (χ2v) is 13.3. The lowest BCUT2D eigenvalue weighted by Crippen LogP contribution is -2.12. The molecule has 6 rings (SSSR count). The molecule has 0 unspecified atom stereocenters. The summed E-state index contributed by atoms with van der Waals surface area (Å²) in [6.45, 7) is 15.7. The maximum absolute atomic E-state index is 6.15. The zero-order chi connectivity index (χ0) is 26.8. The highest BCUT2D eigenvalue weighted by Gasteiger charge is 2.20. The molecule has 3 heteroatoms. The van der Waals surface area contributed by atoms with Crippen molar-refractivity contribution in [1.82, 2.24) is 4.98 Å². The Balaban J connectivity index is 1.60. The van der Waals surface area contributed by atoms with Crippen molar-refractivity contribution >= 4 is 43.3 Å². The van der Waals surface area contributed by atoms with Crippen LogP contribution in [-0.4, -0.2) is 4.98 Å². The number of hydrogen-bond donors (Lipinski definition) is 0. The first-order chi connectivity index (χ1) is 18.1. The number of aromatic nitrogens is 1. The molecule has 0 radical (unpaired) electrons. The molecule has 0 aliphatic rings. The number of aryl methyl sites for hydroxylation is 2. The number of furan rings is 1. The van der Waals surface area contributed by atoms with E-state index in [9.17, 15) is 0 Å². The van der Waals surface area contributed by atoms with Gasteiger partial charge >= 0.3 is 0 Å². The highest BCUT2D eigenvalue weighted by molar-refractivity contribution is 7.18. The molecule has 3 heterocycles. The number of benzene rings is 3. The van der Waals surface area contributed by atoms with Crippen LogP contribution in [0, 0.1) is 19.8 Å². The fourth-order valence-corrected chi connectivity index (χ4v) is 6.60. The molecular formula is C35H35NOS. The van der Waals surface area contributed by atoms with Crippen molar-refractivity contribution < 1.29 is 4.42 Å². The zero-order valence-corrected chi connectivity index (χ0v) is 24.2. The van der Waals surface area contributed by atoms with Crippen LogP contribution in [0.3, 0.4) is 0 Å². The number of hydrogen-bond acceptors (Lipinski definition) is 3. The first-order valence-corrected chi connectivity index (χ1v) is 14.4. The summed E-state index contributed by atoms with van der Waals surface area (Å²) >= 11 is 1.77. The van der Waals surface area contributed by atoms with E-state index in [0.717, 1.165) is 28.3 Å². The van der Waals surface area contributed by atoms with Gasteiger partial charge in [-0.05, 0) is 95.5 Å². The van der Waals surface area contributed by atoms with E-state index in [2.05, 4.69) is 115 Å². The summed E-state index contributed by atoms with van der Waals surface area (Å²) in [6.07, 6.45) is 1.02. The Morgan fingerprint density at radius 1 is 0.842 bits per heavy atom. The third-order valence-electron chi connectivity index (χ3n) is 7.51. The summed E-state index contributed by atoms with van der Waals surface area (Å²) < 4.78 is 6.15. The van der Waals surface area contributed by atoms with Gasteiger partial charge in [-0.2, -0.15) is 0 Å². The topological polar surface area (TPSA) is 26.0 Å². The van der Waals surface area contributed by atoms with E-state index >= 15 is 0 Å². The Bertz CT molecular complexity index is 1830. The third-order valence-corrected chi connectivity index (χ3v) is 8.45. The molecule has 0 atom stereocenters. The standard InChI is InChI=1S/C35H35NOS/c1-20(2)14-27-22(4)37-33-13-12-24(17-29(27)33)28-19-32(36-34-30(28)15-21(3)38-34)25-16-23-10-8-9-11-26(23)31(18-25)35(5,6)7/h8-13,15-20H,14H2,1-7H3. The minimum Gasteiger partial charge on any atom is -0.461 e. The van der Waals surface area contributed by atoms with Crippen LogP contribution >= 0.6 is 11.3 Å². The van der Waals surface area contributed by atoms with E-state index in [0.29, 0.717) is 5.92 Å². The van der Waals surface area contributed by atoms with Crippen LogP contribution in [0.2, 0.25) is 0 Å². The van der Waals surface area contributed by atoms with Gasteiger partial charge in [-0.25, -0.2) is 4.98 Å². The molecular weight excluding hydrogens is 482 g/mol. The first-order valence-electron chi connectivity index (χ1n) is 13.6. The molecule has 0 aliphatic carbocycles. The molecule has 3 aromatic carbocycles. The van der Waals surface area contributed by atoms with Gasteiger partial charge in [-0.3, -0.25) is 0 Å². The molecule has 192 valence electrons. The molecule has 0 saturated heterocycles. The molecule has 0 aliphatic heterocycles. The summed E-state index contributed by atoms with van der Waals surface area (Å²) in [4.78, 5) is 7.57. The summed E-state index contributed by atoms with van der Waals surface area (Å²) in [5.41, 5.74) is 8.32. The van der Waals surface area contributed by atoms with Crippen molar-refractivity contribution in [3.63, 3.8) is 0 Å². The van der Waals surface area contributed by atoms with E-state index in [1.54, 1.807) is 11.3 Å². The van der Waals surface area contributed by atoms with E-state index < -0.39 is 0 Å².